The van der Waals surface area contributed by atoms with Crippen molar-refractivity contribution in [3.8, 4) is 11.5 Å². The van der Waals surface area contributed by atoms with E-state index in [0.29, 0.717) is 11.3 Å². The molecule has 1 amide bonds. The Morgan fingerprint density at radius 3 is 2.47 bits per heavy atom. The summed E-state index contributed by atoms with van der Waals surface area (Å²) in [5, 5.41) is 0. The van der Waals surface area contributed by atoms with Gasteiger partial charge in [-0.25, -0.2) is 4.79 Å². The number of carbonyl (C=O) groups excluding carboxylic acids is 2. The molecule has 9 heteroatoms. The van der Waals surface area contributed by atoms with Gasteiger partial charge in [0.2, 0.25) is 0 Å². The Hall–Kier alpha value is -4.01. The maximum absolute atomic E-state index is 13.6. The summed E-state index contributed by atoms with van der Waals surface area (Å²) in [6.45, 7) is 5.63. The summed E-state index contributed by atoms with van der Waals surface area (Å²) < 4.78 is 57.3. The van der Waals surface area contributed by atoms with Gasteiger partial charge in [-0.05, 0) is 56.2 Å². The molecule has 0 saturated carbocycles. The van der Waals surface area contributed by atoms with Gasteiger partial charge in [0.05, 0.1) is 31.2 Å². The zero-order valence-corrected chi connectivity index (χ0v) is 21.2. The molecular formula is C29H28F3NO5. The van der Waals surface area contributed by atoms with E-state index >= 15 is 0 Å². The minimum Gasteiger partial charge on any atom is -0.466 e. The van der Waals surface area contributed by atoms with E-state index in [9.17, 15) is 22.8 Å². The molecule has 3 aromatic carbocycles. The van der Waals surface area contributed by atoms with E-state index in [-0.39, 0.29) is 36.9 Å². The summed E-state index contributed by atoms with van der Waals surface area (Å²) in [5.41, 5.74) is 1.54. The monoisotopic (exact) mass is 527 g/mol. The number of aryl methyl sites for hydroxylation is 1. The number of rotatable bonds is 8. The van der Waals surface area contributed by atoms with Crippen LogP contribution in [0.2, 0.25) is 0 Å². The first kappa shape index (κ1) is 27.0. The second-order valence-corrected chi connectivity index (χ2v) is 9.14. The minimum absolute atomic E-state index is 0.0802. The van der Waals surface area contributed by atoms with Gasteiger partial charge in [-0.3, -0.25) is 9.69 Å². The summed E-state index contributed by atoms with van der Waals surface area (Å²) in [6.07, 6.45) is -5.91. The first-order chi connectivity index (χ1) is 18.0. The highest BCUT2D eigenvalue weighted by molar-refractivity contribution is 5.73. The van der Waals surface area contributed by atoms with Crippen molar-refractivity contribution in [2.75, 3.05) is 6.61 Å². The lowest BCUT2D eigenvalue weighted by Crippen LogP contribution is -2.31. The molecule has 0 N–H and O–H groups in total. The number of esters is 1. The molecular weight excluding hydrogens is 499 g/mol. The number of carbonyl (C=O) groups is 2. The van der Waals surface area contributed by atoms with Gasteiger partial charge in [-0.15, -0.1) is 0 Å². The molecule has 0 spiro atoms. The number of benzene rings is 3. The van der Waals surface area contributed by atoms with Crippen molar-refractivity contribution in [2.24, 2.45) is 0 Å². The van der Waals surface area contributed by atoms with Crippen LogP contribution in [0, 0.1) is 6.92 Å². The largest absolute Gasteiger partial charge is 0.466 e. The molecule has 2 atom stereocenters. The summed E-state index contributed by atoms with van der Waals surface area (Å²) in [7, 11) is 0. The number of hydrogen-bond donors (Lipinski definition) is 0. The molecule has 0 bridgehead atoms. The minimum atomic E-state index is -4.64. The molecule has 0 aliphatic carbocycles. The predicted octanol–water partition coefficient (Wildman–Crippen LogP) is 6.99. The van der Waals surface area contributed by atoms with Crippen molar-refractivity contribution in [3.05, 3.63) is 94.5 Å². The third-order valence-electron chi connectivity index (χ3n) is 6.25. The van der Waals surface area contributed by atoms with Crippen molar-refractivity contribution < 1.29 is 37.0 Å². The highest BCUT2D eigenvalue weighted by Crippen LogP contribution is 2.37. The fraction of sp³-hybridized carbons (Fsp3) is 0.310. The van der Waals surface area contributed by atoms with E-state index in [2.05, 4.69) is 0 Å². The van der Waals surface area contributed by atoms with Crippen LogP contribution in [0.15, 0.2) is 66.7 Å². The first-order valence-corrected chi connectivity index (χ1v) is 12.2. The van der Waals surface area contributed by atoms with E-state index in [1.165, 1.54) is 6.07 Å². The average Bonchev–Trinajstić information content (AvgIpc) is 3.14. The second-order valence-electron chi connectivity index (χ2n) is 9.14. The number of nitrogens with zero attached hydrogens (tertiary/aromatic N) is 1. The number of amides is 1. The highest BCUT2D eigenvalue weighted by Gasteiger charge is 2.40. The molecule has 0 radical (unpaired) electrons. The van der Waals surface area contributed by atoms with E-state index in [1.54, 1.807) is 24.0 Å². The standard InChI is InChI=1S/C29H28F3NO5/c1-4-36-26(34)15-20-13-23(29(30,31)32)16-24(14-20)37-25-11-10-18(2)12-22(25)17-33-19(3)27(38-28(33)35)21-8-6-5-7-9-21/h5-14,16,19,27H,4,15,17H2,1-3H3/t19-,27-/m1/s1. The van der Waals surface area contributed by atoms with Crippen LogP contribution in [0.4, 0.5) is 18.0 Å². The summed E-state index contributed by atoms with van der Waals surface area (Å²) >= 11 is 0. The van der Waals surface area contributed by atoms with Crippen molar-refractivity contribution in [3.63, 3.8) is 0 Å². The predicted molar refractivity (Wildman–Crippen MR) is 134 cm³/mol. The van der Waals surface area contributed by atoms with Crippen LogP contribution >= 0.6 is 0 Å². The molecule has 6 nitrogen and oxygen atoms in total. The van der Waals surface area contributed by atoms with Crippen molar-refractivity contribution in [1.29, 1.82) is 0 Å². The third-order valence-corrected chi connectivity index (χ3v) is 6.25. The Labute approximate surface area is 218 Å². The Morgan fingerprint density at radius 1 is 1.05 bits per heavy atom. The molecule has 1 saturated heterocycles. The lowest BCUT2D eigenvalue weighted by atomic mass is 10.0. The Balaban J connectivity index is 1.62. The van der Waals surface area contributed by atoms with Gasteiger partial charge < -0.3 is 14.2 Å². The quantitative estimate of drug-likeness (QED) is 0.295. The van der Waals surface area contributed by atoms with Crippen molar-refractivity contribution >= 4 is 12.1 Å². The topological polar surface area (TPSA) is 65.1 Å². The summed E-state index contributed by atoms with van der Waals surface area (Å²) in [6, 6.07) is 17.5. The summed E-state index contributed by atoms with van der Waals surface area (Å²) in [4.78, 5) is 26.3. The van der Waals surface area contributed by atoms with Gasteiger partial charge in [-0.2, -0.15) is 13.2 Å². The fourth-order valence-corrected chi connectivity index (χ4v) is 4.41. The molecule has 1 aliphatic rings. The van der Waals surface area contributed by atoms with Gasteiger partial charge in [-0.1, -0.05) is 48.0 Å². The average molecular weight is 528 g/mol. The lowest BCUT2D eigenvalue weighted by molar-refractivity contribution is -0.142. The van der Waals surface area contributed by atoms with Crippen LogP contribution in [0.25, 0.3) is 0 Å². The van der Waals surface area contributed by atoms with E-state index < -0.39 is 29.9 Å². The molecule has 200 valence electrons. The smallest absolute Gasteiger partial charge is 0.416 e. The van der Waals surface area contributed by atoms with E-state index in [4.69, 9.17) is 14.2 Å². The van der Waals surface area contributed by atoms with Gasteiger partial charge >= 0.3 is 18.2 Å². The zero-order valence-electron chi connectivity index (χ0n) is 21.2. The maximum atomic E-state index is 13.6. The van der Waals surface area contributed by atoms with Crippen LogP contribution in [0.5, 0.6) is 11.5 Å². The highest BCUT2D eigenvalue weighted by atomic mass is 19.4. The van der Waals surface area contributed by atoms with Gasteiger partial charge in [0.1, 0.15) is 17.6 Å². The Morgan fingerprint density at radius 2 is 1.79 bits per heavy atom. The van der Waals surface area contributed by atoms with E-state index in [1.807, 2.05) is 50.2 Å². The van der Waals surface area contributed by atoms with Gasteiger partial charge in [0.25, 0.3) is 0 Å². The summed E-state index contributed by atoms with van der Waals surface area (Å²) in [5.74, 6) is -0.424. The normalized spacial score (nSPS) is 17.3. The third kappa shape index (κ3) is 6.27. The molecule has 1 fully saturated rings. The number of alkyl halides is 3. The Kier molecular flexibility index (Phi) is 7.94. The second kappa shape index (κ2) is 11.2. The van der Waals surface area contributed by atoms with Crippen LogP contribution < -0.4 is 4.74 Å². The lowest BCUT2D eigenvalue weighted by Gasteiger charge is -2.23. The number of hydrogen-bond acceptors (Lipinski definition) is 5. The maximum Gasteiger partial charge on any atom is 0.416 e. The van der Waals surface area contributed by atoms with Gasteiger partial charge in [0.15, 0.2) is 0 Å². The SMILES string of the molecule is CCOC(=O)Cc1cc(Oc2ccc(C)cc2CN2C(=O)O[C@@H](c3ccccc3)[C@H]2C)cc(C(F)(F)F)c1. The molecule has 0 unspecified atom stereocenters. The molecule has 1 aliphatic heterocycles. The first-order valence-electron chi connectivity index (χ1n) is 12.2. The molecule has 1 heterocycles. The molecule has 38 heavy (non-hydrogen) atoms. The molecule has 4 rings (SSSR count). The van der Waals surface area contributed by atoms with Crippen LogP contribution in [0.3, 0.4) is 0 Å². The van der Waals surface area contributed by atoms with Gasteiger partial charge in [0, 0.05) is 5.56 Å². The molecule has 3 aromatic rings. The number of ether oxygens (including phenoxy) is 3. The molecule has 0 aromatic heterocycles. The fourth-order valence-electron chi connectivity index (χ4n) is 4.41. The van der Waals surface area contributed by atoms with Crippen LogP contribution in [0.1, 0.15) is 47.8 Å². The van der Waals surface area contributed by atoms with E-state index in [0.717, 1.165) is 23.3 Å². The Bertz CT molecular complexity index is 1310. The number of halogens is 3. The zero-order chi connectivity index (χ0) is 27.4. The van der Waals surface area contributed by atoms with Crippen LogP contribution in [-0.2, 0) is 33.4 Å². The number of cyclic esters (lactones) is 1. The van der Waals surface area contributed by atoms with Crippen molar-refractivity contribution in [2.45, 2.75) is 52.1 Å². The van der Waals surface area contributed by atoms with Crippen LogP contribution in [-0.4, -0.2) is 29.6 Å². The van der Waals surface area contributed by atoms with Crippen molar-refractivity contribution in [1.82, 2.24) is 4.90 Å².